The van der Waals surface area contributed by atoms with E-state index in [4.69, 9.17) is 4.74 Å². The zero-order chi connectivity index (χ0) is 21.8. The molecule has 1 aliphatic heterocycles. The molecule has 2 N–H and O–H groups in total. The van der Waals surface area contributed by atoms with Gasteiger partial charge >= 0.3 is 0 Å². The molecule has 4 rings (SSSR count). The summed E-state index contributed by atoms with van der Waals surface area (Å²) < 4.78 is 5.50. The Morgan fingerprint density at radius 3 is 2.74 bits per heavy atom. The van der Waals surface area contributed by atoms with Crippen LogP contribution in [0.25, 0.3) is 11.1 Å². The van der Waals surface area contributed by atoms with Gasteiger partial charge in [0.1, 0.15) is 11.5 Å². The third kappa shape index (κ3) is 4.60. The predicted octanol–water partition coefficient (Wildman–Crippen LogP) is 2.92. The van der Waals surface area contributed by atoms with E-state index < -0.39 is 0 Å². The van der Waals surface area contributed by atoms with Gasteiger partial charge in [0.05, 0.1) is 5.69 Å². The predicted molar refractivity (Wildman–Crippen MR) is 113 cm³/mol. The van der Waals surface area contributed by atoms with E-state index in [1.165, 1.54) is 0 Å². The molecule has 0 aliphatic carbocycles. The lowest BCUT2D eigenvalue weighted by molar-refractivity contribution is -0.121. The van der Waals surface area contributed by atoms with E-state index >= 15 is 0 Å². The Hall–Kier alpha value is -3.62. The standard InChI is InChI=1S/C22H24N6O3/c1-3-4-17(13(2)29)18(22-25-27-28-26-22)10-16-7-5-15(11-23-16)14-6-8-19-20(9-14)31-12-21(30)24-19/h5-9,11,17-18H,3-4,10,12H2,1-2H3,(H,24,30)(H,25,26,27,28)/t17-,18-/m1/s1. The zero-order valence-electron chi connectivity index (χ0n) is 17.5. The monoisotopic (exact) mass is 420 g/mol. The molecule has 0 saturated carbocycles. The maximum atomic E-state index is 12.3. The SMILES string of the molecule is CCC[C@H](C(C)=O)[C@@H](Cc1ccc(-c2ccc3c(c2)OCC(=O)N3)cn1)c1nn[nH]n1. The second kappa shape index (κ2) is 9.03. The normalized spacial score (nSPS) is 14.8. The van der Waals surface area contributed by atoms with Gasteiger partial charge in [0.2, 0.25) is 0 Å². The van der Waals surface area contributed by atoms with Crippen molar-refractivity contribution in [3.8, 4) is 16.9 Å². The molecule has 9 nitrogen and oxygen atoms in total. The van der Waals surface area contributed by atoms with Crippen molar-refractivity contribution in [1.82, 2.24) is 25.6 Å². The summed E-state index contributed by atoms with van der Waals surface area (Å²) in [4.78, 5) is 28.4. The van der Waals surface area contributed by atoms with Crippen LogP contribution in [0.2, 0.25) is 0 Å². The number of ether oxygens (including phenoxy) is 1. The van der Waals surface area contributed by atoms with Gasteiger partial charge in [-0.2, -0.15) is 5.21 Å². The van der Waals surface area contributed by atoms with Crippen molar-refractivity contribution in [3.05, 3.63) is 48.0 Å². The van der Waals surface area contributed by atoms with Crippen LogP contribution in [0.5, 0.6) is 5.75 Å². The van der Waals surface area contributed by atoms with E-state index in [-0.39, 0.29) is 30.1 Å². The molecular formula is C22H24N6O3. The molecule has 1 amide bonds. The second-order valence-electron chi connectivity index (χ2n) is 7.67. The van der Waals surface area contributed by atoms with Gasteiger partial charge in [0.15, 0.2) is 12.4 Å². The number of Topliss-reactive ketones (excluding diaryl/α,β-unsaturated/α-hetero) is 1. The van der Waals surface area contributed by atoms with Crippen LogP contribution in [-0.4, -0.2) is 43.9 Å². The molecule has 0 radical (unpaired) electrons. The summed E-state index contributed by atoms with van der Waals surface area (Å²) in [6.45, 7) is 3.69. The lowest BCUT2D eigenvalue weighted by Gasteiger charge is -2.22. The number of tetrazole rings is 1. The van der Waals surface area contributed by atoms with Crippen molar-refractivity contribution in [2.45, 2.75) is 39.0 Å². The molecule has 0 unspecified atom stereocenters. The number of anilines is 1. The highest BCUT2D eigenvalue weighted by Crippen LogP contribution is 2.33. The Morgan fingerprint density at radius 2 is 2.06 bits per heavy atom. The third-order valence-corrected chi connectivity index (χ3v) is 5.50. The number of aromatic amines is 1. The number of aromatic nitrogens is 5. The van der Waals surface area contributed by atoms with Crippen molar-refractivity contribution in [3.63, 3.8) is 0 Å². The highest BCUT2D eigenvalue weighted by Gasteiger charge is 2.30. The fourth-order valence-corrected chi connectivity index (χ4v) is 3.93. The van der Waals surface area contributed by atoms with Gasteiger partial charge in [-0.25, -0.2) is 0 Å². The van der Waals surface area contributed by atoms with Gasteiger partial charge in [0, 0.05) is 35.7 Å². The number of amides is 1. The minimum Gasteiger partial charge on any atom is -0.482 e. The lowest BCUT2D eigenvalue weighted by atomic mass is 9.82. The van der Waals surface area contributed by atoms with E-state index in [0.717, 1.165) is 29.7 Å². The van der Waals surface area contributed by atoms with Crippen LogP contribution in [0.3, 0.4) is 0 Å². The smallest absolute Gasteiger partial charge is 0.262 e. The first kappa shape index (κ1) is 20.6. The number of nitrogens with one attached hydrogen (secondary N) is 2. The largest absolute Gasteiger partial charge is 0.482 e. The van der Waals surface area contributed by atoms with Gasteiger partial charge in [-0.3, -0.25) is 14.6 Å². The second-order valence-corrected chi connectivity index (χ2v) is 7.67. The first-order valence-corrected chi connectivity index (χ1v) is 10.3. The molecule has 31 heavy (non-hydrogen) atoms. The Bertz CT molecular complexity index is 1070. The summed E-state index contributed by atoms with van der Waals surface area (Å²) in [5.41, 5.74) is 3.39. The maximum absolute atomic E-state index is 12.3. The van der Waals surface area contributed by atoms with Crippen LogP contribution in [0.15, 0.2) is 36.5 Å². The Labute approximate surface area is 179 Å². The number of rotatable bonds is 8. The van der Waals surface area contributed by atoms with Gasteiger partial charge in [0.25, 0.3) is 5.91 Å². The van der Waals surface area contributed by atoms with Crippen molar-refractivity contribution in [2.24, 2.45) is 5.92 Å². The molecule has 9 heteroatoms. The van der Waals surface area contributed by atoms with Crippen LogP contribution < -0.4 is 10.1 Å². The summed E-state index contributed by atoms with van der Waals surface area (Å²) in [6.07, 6.45) is 4.00. The zero-order valence-corrected chi connectivity index (χ0v) is 17.5. The number of ketones is 1. The first-order chi connectivity index (χ1) is 15.0. The van der Waals surface area contributed by atoms with E-state index in [9.17, 15) is 9.59 Å². The molecule has 1 aromatic carbocycles. The van der Waals surface area contributed by atoms with Gasteiger partial charge in [-0.1, -0.05) is 30.7 Å². The third-order valence-electron chi connectivity index (χ3n) is 5.50. The fraction of sp³-hybridized carbons (Fsp3) is 0.364. The van der Waals surface area contributed by atoms with Crippen molar-refractivity contribution >= 4 is 17.4 Å². The van der Waals surface area contributed by atoms with Crippen LogP contribution in [0.4, 0.5) is 5.69 Å². The number of pyridine rings is 1. The molecule has 0 fully saturated rings. The molecule has 0 bridgehead atoms. The number of hydrogen-bond donors (Lipinski definition) is 2. The van der Waals surface area contributed by atoms with Crippen LogP contribution in [0, 0.1) is 5.92 Å². The summed E-state index contributed by atoms with van der Waals surface area (Å²) in [6, 6.07) is 9.57. The van der Waals surface area contributed by atoms with Crippen molar-refractivity contribution in [1.29, 1.82) is 0 Å². The number of H-pyrrole nitrogens is 1. The summed E-state index contributed by atoms with van der Waals surface area (Å²) >= 11 is 0. The number of carbonyl (C=O) groups is 2. The number of nitrogens with zero attached hydrogens (tertiary/aromatic N) is 4. The summed E-state index contributed by atoms with van der Waals surface area (Å²) in [5, 5.41) is 17.2. The first-order valence-electron chi connectivity index (χ1n) is 10.3. The molecule has 0 saturated heterocycles. The van der Waals surface area contributed by atoms with Crippen LogP contribution >= 0.6 is 0 Å². The number of hydrogen-bond acceptors (Lipinski definition) is 7. The Kier molecular flexibility index (Phi) is 6.01. The number of fused-ring (bicyclic) bond motifs is 1. The van der Waals surface area contributed by atoms with Gasteiger partial charge < -0.3 is 10.1 Å². The quantitative estimate of drug-likeness (QED) is 0.574. The Morgan fingerprint density at radius 1 is 1.23 bits per heavy atom. The minimum absolute atomic E-state index is 0.0141. The highest BCUT2D eigenvalue weighted by molar-refractivity contribution is 5.95. The maximum Gasteiger partial charge on any atom is 0.262 e. The minimum atomic E-state index is -0.185. The Balaban J connectivity index is 1.55. The highest BCUT2D eigenvalue weighted by atomic mass is 16.5. The molecular weight excluding hydrogens is 396 g/mol. The molecule has 160 valence electrons. The van der Waals surface area contributed by atoms with Gasteiger partial charge in [-0.15, -0.1) is 10.2 Å². The van der Waals surface area contributed by atoms with Gasteiger partial charge in [-0.05, 0) is 37.1 Å². The van der Waals surface area contributed by atoms with Crippen LogP contribution in [0.1, 0.15) is 44.1 Å². The molecule has 1 aliphatic rings. The van der Waals surface area contributed by atoms with E-state index in [1.807, 2.05) is 30.3 Å². The average molecular weight is 420 g/mol. The topological polar surface area (TPSA) is 123 Å². The lowest BCUT2D eigenvalue weighted by Crippen LogP contribution is -2.25. The summed E-state index contributed by atoms with van der Waals surface area (Å²) in [7, 11) is 0. The average Bonchev–Trinajstić information content (AvgIpc) is 3.31. The number of carbonyl (C=O) groups excluding carboxylic acids is 2. The van der Waals surface area contributed by atoms with E-state index in [2.05, 4.69) is 37.8 Å². The fourth-order valence-electron chi connectivity index (χ4n) is 3.93. The molecule has 2 atom stereocenters. The van der Waals surface area contributed by atoms with E-state index in [1.54, 1.807) is 13.1 Å². The molecule has 3 heterocycles. The molecule has 2 aromatic heterocycles. The van der Waals surface area contributed by atoms with Crippen molar-refractivity contribution < 1.29 is 14.3 Å². The molecule has 3 aromatic rings. The van der Waals surface area contributed by atoms with Crippen LogP contribution in [-0.2, 0) is 16.0 Å². The van der Waals surface area contributed by atoms with E-state index in [0.29, 0.717) is 23.7 Å². The van der Waals surface area contributed by atoms with Crippen molar-refractivity contribution in [2.75, 3.05) is 11.9 Å². The number of benzene rings is 1. The summed E-state index contributed by atoms with van der Waals surface area (Å²) in [5.74, 6) is 0.770. The molecule has 0 spiro atoms.